The van der Waals surface area contributed by atoms with Gasteiger partial charge in [-0.25, -0.2) is 0 Å². The number of nitrogens with zero attached hydrogens (tertiary/aromatic N) is 4. The lowest BCUT2D eigenvalue weighted by atomic mass is 9.80. The maximum Gasteiger partial charge on any atom is 0.236 e. The normalized spacial score (nSPS) is 24.3. The summed E-state index contributed by atoms with van der Waals surface area (Å²) in [5, 5.41) is 8.66. The Balaban J connectivity index is 2.11. The van der Waals surface area contributed by atoms with Crippen LogP contribution in [-0.2, 0) is 9.59 Å². The van der Waals surface area contributed by atoms with Gasteiger partial charge in [-0.05, 0) is 25.7 Å². The number of thioether (sulfide) groups is 1. The van der Waals surface area contributed by atoms with Crippen LogP contribution in [-0.4, -0.2) is 69.9 Å². The molecule has 1 N–H and O–H groups in total. The Morgan fingerprint density at radius 3 is 2.86 bits per heavy atom. The van der Waals surface area contributed by atoms with Gasteiger partial charge in [0.1, 0.15) is 0 Å². The third kappa shape index (κ3) is 3.51. The van der Waals surface area contributed by atoms with E-state index < -0.39 is 5.54 Å². The van der Waals surface area contributed by atoms with Crippen LogP contribution in [0.2, 0.25) is 0 Å². The van der Waals surface area contributed by atoms with E-state index in [-0.39, 0.29) is 17.8 Å². The van der Waals surface area contributed by atoms with Crippen LogP contribution in [0, 0.1) is 23.2 Å². The maximum atomic E-state index is 12.9. The minimum Gasteiger partial charge on any atom is -0.342 e. The third-order valence-electron chi connectivity index (χ3n) is 5.72. The predicted octanol–water partition coefficient (Wildman–Crippen LogP) is 2.06. The fourth-order valence-corrected chi connectivity index (χ4v) is 4.70. The molecule has 2 aliphatic heterocycles. The molecule has 1 aromatic heterocycles. The first-order valence-corrected chi connectivity index (χ1v) is 10.6. The summed E-state index contributed by atoms with van der Waals surface area (Å²) >= 11 is 1.55. The molecule has 2 aliphatic rings. The van der Waals surface area contributed by atoms with Crippen molar-refractivity contribution in [1.29, 1.82) is 5.41 Å². The molecule has 152 valence electrons. The number of hydrogen-bond acceptors (Lipinski definition) is 5. The van der Waals surface area contributed by atoms with Gasteiger partial charge in [0.15, 0.2) is 0 Å². The molecule has 0 saturated carbocycles. The first kappa shape index (κ1) is 20.9. The summed E-state index contributed by atoms with van der Waals surface area (Å²) in [6, 6.07) is 1.97. The number of likely N-dealkylation sites (tertiary alicyclic amines) is 1. The minimum atomic E-state index is -0.628. The van der Waals surface area contributed by atoms with Crippen LogP contribution in [0.4, 0.5) is 0 Å². The SMILES string of the molecule is CC#Cc1cncc(/C(=C/N2C(=N)N(C)C(=O)C3CN(C=O)C[C@@]32CC)SC)c1. The molecule has 3 heterocycles. The molecule has 2 atom stereocenters. The first-order chi connectivity index (χ1) is 13.9. The van der Waals surface area contributed by atoms with Crippen molar-refractivity contribution >= 4 is 34.9 Å². The molecule has 29 heavy (non-hydrogen) atoms. The molecule has 0 spiro atoms. The van der Waals surface area contributed by atoms with Gasteiger partial charge >= 0.3 is 0 Å². The number of rotatable bonds is 5. The van der Waals surface area contributed by atoms with Gasteiger partial charge in [-0.3, -0.25) is 24.9 Å². The molecule has 3 rings (SSSR count). The lowest BCUT2D eigenvalue weighted by Gasteiger charge is -2.49. The Morgan fingerprint density at radius 2 is 2.24 bits per heavy atom. The number of carbonyl (C=O) groups excluding carboxylic acids is 2. The zero-order chi connectivity index (χ0) is 21.2. The Hall–Kier alpha value is -2.79. The molecule has 8 heteroatoms. The average Bonchev–Trinajstić information content (AvgIpc) is 3.13. The van der Waals surface area contributed by atoms with Crippen LogP contribution in [0.25, 0.3) is 4.91 Å². The Labute approximate surface area is 175 Å². The van der Waals surface area contributed by atoms with E-state index in [4.69, 9.17) is 5.41 Å². The molecule has 2 fully saturated rings. The molecule has 7 nitrogen and oxygen atoms in total. The minimum absolute atomic E-state index is 0.113. The zero-order valence-corrected chi connectivity index (χ0v) is 17.9. The van der Waals surface area contributed by atoms with E-state index in [2.05, 4.69) is 16.8 Å². The van der Waals surface area contributed by atoms with Crippen LogP contribution >= 0.6 is 11.8 Å². The van der Waals surface area contributed by atoms with E-state index in [1.54, 1.807) is 43.0 Å². The second-order valence-electron chi connectivity index (χ2n) is 7.17. The molecule has 0 aromatic carbocycles. The van der Waals surface area contributed by atoms with Crippen LogP contribution in [0.5, 0.6) is 0 Å². The van der Waals surface area contributed by atoms with Gasteiger partial charge in [0.05, 0.1) is 11.5 Å². The predicted molar refractivity (Wildman–Crippen MR) is 115 cm³/mol. The van der Waals surface area contributed by atoms with Gasteiger partial charge in [-0.2, -0.15) is 0 Å². The highest BCUT2D eigenvalue weighted by atomic mass is 32.2. The van der Waals surface area contributed by atoms with Gasteiger partial charge in [-0.1, -0.05) is 12.8 Å². The molecule has 1 unspecified atom stereocenters. The molecular formula is C21H25N5O2S. The van der Waals surface area contributed by atoms with Gasteiger partial charge in [-0.15, -0.1) is 17.7 Å². The molecule has 0 aliphatic carbocycles. The third-order valence-corrected chi connectivity index (χ3v) is 6.50. The number of carbonyl (C=O) groups is 2. The quantitative estimate of drug-likeness (QED) is 0.593. The van der Waals surface area contributed by atoms with E-state index >= 15 is 0 Å². The van der Waals surface area contributed by atoms with Crippen molar-refractivity contribution in [2.45, 2.75) is 25.8 Å². The van der Waals surface area contributed by atoms with Crippen LogP contribution in [0.1, 0.15) is 31.4 Å². The molecule has 1 aromatic rings. The lowest BCUT2D eigenvalue weighted by Crippen LogP contribution is -2.66. The molecule has 0 bridgehead atoms. The number of aromatic nitrogens is 1. The van der Waals surface area contributed by atoms with E-state index in [1.165, 1.54) is 4.90 Å². The molecule has 2 amide bonds. The van der Waals surface area contributed by atoms with E-state index in [0.717, 1.165) is 22.4 Å². The van der Waals surface area contributed by atoms with Gasteiger partial charge in [0.25, 0.3) is 0 Å². The molecule has 2 saturated heterocycles. The Bertz CT molecular complexity index is 934. The summed E-state index contributed by atoms with van der Waals surface area (Å²) in [6.07, 6.45) is 8.81. The largest absolute Gasteiger partial charge is 0.342 e. The number of hydrogen-bond donors (Lipinski definition) is 1. The zero-order valence-electron chi connectivity index (χ0n) is 17.1. The second-order valence-corrected chi connectivity index (χ2v) is 8.02. The Kier molecular flexibility index (Phi) is 5.99. The van der Waals surface area contributed by atoms with Crippen molar-refractivity contribution in [3.8, 4) is 11.8 Å². The highest BCUT2D eigenvalue weighted by Crippen LogP contribution is 2.42. The van der Waals surface area contributed by atoms with Crippen LogP contribution in [0.15, 0.2) is 24.7 Å². The topological polar surface area (TPSA) is 80.6 Å². The number of amides is 2. The summed E-state index contributed by atoms with van der Waals surface area (Å²) in [5.74, 6) is 5.53. The maximum absolute atomic E-state index is 12.9. The summed E-state index contributed by atoms with van der Waals surface area (Å²) < 4.78 is 0. The average molecular weight is 412 g/mol. The summed E-state index contributed by atoms with van der Waals surface area (Å²) in [5.41, 5.74) is 1.09. The summed E-state index contributed by atoms with van der Waals surface area (Å²) in [7, 11) is 1.62. The highest BCUT2D eigenvalue weighted by Gasteiger charge is 2.57. The fourth-order valence-electron chi connectivity index (χ4n) is 4.14. The van der Waals surface area contributed by atoms with Gasteiger partial charge in [0.2, 0.25) is 18.3 Å². The Morgan fingerprint density at radius 1 is 1.48 bits per heavy atom. The number of fused-ring (bicyclic) bond motifs is 1. The van der Waals surface area contributed by atoms with Crippen molar-refractivity contribution in [3.63, 3.8) is 0 Å². The number of guanidine groups is 1. The summed E-state index contributed by atoms with van der Waals surface area (Å²) in [4.78, 5) is 34.5. The van der Waals surface area contributed by atoms with Crippen molar-refractivity contribution in [1.82, 2.24) is 19.7 Å². The lowest BCUT2D eigenvalue weighted by molar-refractivity contribution is -0.136. The van der Waals surface area contributed by atoms with Crippen LogP contribution in [0.3, 0.4) is 0 Å². The molecular weight excluding hydrogens is 386 g/mol. The van der Waals surface area contributed by atoms with E-state index in [1.807, 2.05) is 30.3 Å². The van der Waals surface area contributed by atoms with Crippen LogP contribution < -0.4 is 0 Å². The standard InChI is InChI=1S/C21H25N5O2S/c1-5-7-15-8-16(10-23-9-15)18(29-4)12-26-20(22)24(3)19(28)17-11-25(14-27)13-21(17,26)6-2/h8-10,12,14,17,22H,6,11,13H2,1-4H3/b18-12-,22-20?/t17?,21-/m0/s1. The van der Waals surface area contributed by atoms with Crippen molar-refractivity contribution < 1.29 is 9.59 Å². The molecule has 0 radical (unpaired) electrons. The first-order valence-electron chi connectivity index (χ1n) is 9.40. The fraction of sp³-hybridized carbons (Fsp3) is 0.429. The van der Waals surface area contributed by atoms with Crippen molar-refractivity contribution in [2.75, 3.05) is 26.4 Å². The smallest absolute Gasteiger partial charge is 0.236 e. The van der Waals surface area contributed by atoms with Crippen molar-refractivity contribution in [2.24, 2.45) is 5.92 Å². The van der Waals surface area contributed by atoms with E-state index in [9.17, 15) is 9.59 Å². The van der Waals surface area contributed by atoms with Gasteiger partial charge < -0.3 is 9.80 Å². The number of nitrogens with one attached hydrogen (secondary N) is 1. The monoisotopic (exact) mass is 411 g/mol. The summed E-state index contributed by atoms with van der Waals surface area (Å²) in [6.45, 7) is 4.57. The second kappa shape index (κ2) is 8.29. The van der Waals surface area contributed by atoms with Crippen molar-refractivity contribution in [3.05, 3.63) is 35.8 Å². The highest BCUT2D eigenvalue weighted by molar-refractivity contribution is 8.07. The number of pyridine rings is 1. The van der Waals surface area contributed by atoms with Gasteiger partial charge in [0, 0.05) is 54.8 Å². The van der Waals surface area contributed by atoms with E-state index in [0.29, 0.717) is 19.5 Å².